The molecule has 3 heteroatoms. The summed E-state index contributed by atoms with van der Waals surface area (Å²) in [5.74, 6) is 1.07. The molecule has 0 unspecified atom stereocenters. The van der Waals surface area contributed by atoms with E-state index in [1.165, 1.54) is 0 Å². The minimum Gasteiger partial charge on any atom is -0.457 e. The largest absolute Gasteiger partial charge is 0.457 e. The molecule has 0 saturated carbocycles. The normalized spacial score (nSPS) is 10.4. The summed E-state index contributed by atoms with van der Waals surface area (Å²) in [5.41, 5.74) is 1.43. The van der Waals surface area contributed by atoms with Crippen molar-refractivity contribution in [1.82, 2.24) is 4.98 Å². The van der Waals surface area contributed by atoms with Crippen LogP contribution in [0.3, 0.4) is 0 Å². The highest BCUT2D eigenvalue weighted by Crippen LogP contribution is 2.17. The van der Waals surface area contributed by atoms with Crippen molar-refractivity contribution in [1.29, 1.82) is 0 Å². The van der Waals surface area contributed by atoms with E-state index in [0.717, 1.165) is 17.7 Å². The van der Waals surface area contributed by atoms with E-state index in [1.54, 1.807) is 30.5 Å². The Morgan fingerprint density at radius 1 is 1.44 bits per heavy atom. The van der Waals surface area contributed by atoms with Crippen LogP contribution in [0.1, 0.15) is 34.5 Å². The summed E-state index contributed by atoms with van der Waals surface area (Å²) >= 11 is 0. The lowest BCUT2D eigenvalue weighted by Gasteiger charge is -1.95. The molecule has 0 aromatic carbocycles. The molecule has 3 nitrogen and oxygen atoms in total. The van der Waals surface area contributed by atoms with Gasteiger partial charge in [0.1, 0.15) is 11.5 Å². The molecule has 2 aromatic rings. The molecule has 2 aromatic heterocycles. The average Bonchev–Trinajstić information content (AvgIpc) is 2.71. The van der Waals surface area contributed by atoms with Crippen molar-refractivity contribution in [3.8, 4) is 0 Å². The lowest BCUT2D eigenvalue weighted by atomic mass is 10.2. The van der Waals surface area contributed by atoms with Crippen LogP contribution in [-0.2, 0) is 6.42 Å². The Labute approximate surface area is 94.1 Å². The second-order valence-corrected chi connectivity index (χ2v) is 3.61. The van der Waals surface area contributed by atoms with Gasteiger partial charge in [-0.2, -0.15) is 0 Å². The second-order valence-electron chi connectivity index (χ2n) is 3.61. The Hall–Kier alpha value is -1.90. The summed E-state index contributed by atoms with van der Waals surface area (Å²) in [5, 5.41) is 0. The van der Waals surface area contributed by atoms with Crippen LogP contribution >= 0.6 is 0 Å². The zero-order valence-corrected chi connectivity index (χ0v) is 9.36. The number of ketones is 1. The third-order valence-electron chi connectivity index (χ3n) is 2.46. The van der Waals surface area contributed by atoms with Gasteiger partial charge in [-0.3, -0.25) is 9.78 Å². The Kier molecular flexibility index (Phi) is 2.86. The summed E-state index contributed by atoms with van der Waals surface area (Å²) in [6, 6.07) is 7.03. The fraction of sp³-hybridized carbons (Fsp3) is 0.231. The van der Waals surface area contributed by atoms with Crippen molar-refractivity contribution >= 4 is 5.78 Å². The molecule has 0 atom stereocenters. The molecule has 0 N–H and O–H groups in total. The topological polar surface area (TPSA) is 43.1 Å². The number of aromatic nitrogens is 1. The molecule has 0 radical (unpaired) electrons. The highest BCUT2D eigenvalue weighted by Gasteiger charge is 2.16. The number of rotatable bonds is 3. The van der Waals surface area contributed by atoms with Gasteiger partial charge in [-0.05, 0) is 30.7 Å². The molecule has 0 bridgehead atoms. The monoisotopic (exact) mass is 215 g/mol. The van der Waals surface area contributed by atoms with Crippen molar-refractivity contribution in [2.45, 2.75) is 20.3 Å². The summed E-state index contributed by atoms with van der Waals surface area (Å²) in [6.07, 6.45) is 2.39. The maximum atomic E-state index is 12.0. The molecular formula is C13H13NO2. The van der Waals surface area contributed by atoms with Crippen LogP contribution in [-0.4, -0.2) is 10.8 Å². The zero-order valence-electron chi connectivity index (χ0n) is 9.36. The van der Waals surface area contributed by atoms with E-state index in [0.29, 0.717) is 11.5 Å². The lowest BCUT2D eigenvalue weighted by molar-refractivity contribution is 0.100. The molecular weight excluding hydrogens is 202 g/mol. The Morgan fingerprint density at radius 3 is 2.81 bits per heavy atom. The van der Waals surface area contributed by atoms with E-state index in [-0.39, 0.29) is 5.78 Å². The van der Waals surface area contributed by atoms with Crippen molar-refractivity contribution in [2.24, 2.45) is 0 Å². The minimum atomic E-state index is -0.164. The zero-order chi connectivity index (χ0) is 11.5. The second kappa shape index (κ2) is 4.31. The molecule has 2 rings (SSSR count). The van der Waals surface area contributed by atoms with Gasteiger partial charge in [-0.15, -0.1) is 0 Å². The number of pyridine rings is 1. The van der Waals surface area contributed by atoms with Gasteiger partial charge in [0.05, 0.1) is 0 Å². The number of carbonyl (C=O) groups is 1. The standard InChI is InChI=1S/C13H13NO2/c1-3-11-9(2)8-12(16-11)13(15)10-6-4-5-7-14-10/h4-8H,3H2,1-2H3. The molecule has 0 aliphatic heterocycles. The third kappa shape index (κ3) is 1.89. The SMILES string of the molecule is CCc1oc(C(=O)c2ccccn2)cc1C. The highest BCUT2D eigenvalue weighted by atomic mass is 16.3. The van der Waals surface area contributed by atoms with E-state index in [4.69, 9.17) is 4.42 Å². The number of aryl methyl sites for hydroxylation is 2. The maximum Gasteiger partial charge on any atom is 0.246 e. The number of nitrogens with zero attached hydrogens (tertiary/aromatic N) is 1. The van der Waals surface area contributed by atoms with Crippen LogP contribution in [0.5, 0.6) is 0 Å². The molecule has 0 aliphatic rings. The van der Waals surface area contributed by atoms with E-state index in [2.05, 4.69) is 4.98 Å². The number of hydrogen-bond donors (Lipinski definition) is 0. The number of hydrogen-bond acceptors (Lipinski definition) is 3. The molecule has 0 fully saturated rings. The van der Waals surface area contributed by atoms with Crippen LogP contribution < -0.4 is 0 Å². The minimum absolute atomic E-state index is 0.164. The van der Waals surface area contributed by atoms with Gasteiger partial charge in [0, 0.05) is 12.6 Å². The van der Waals surface area contributed by atoms with Crippen LogP contribution in [0.15, 0.2) is 34.9 Å². The molecule has 2 heterocycles. The number of carbonyl (C=O) groups excluding carboxylic acids is 1. The molecule has 16 heavy (non-hydrogen) atoms. The fourth-order valence-corrected chi connectivity index (χ4v) is 1.61. The van der Waals surface area contributed by atoms with E-state index >= 15 is 0 Å². The summed E-state index contributed by atoms with van der Waals surface area (Å²) in [4.78, 5) is 16.0. The van der Waals surface area contributed by atoms with Gasteiger partial charge in [0.25, 0.3) is 0 Å². The Morgan fingerprint density at radius 2 is 2.25 bits per heavy atom. The molecule has 82 valence electrons. The van der Waals surface area contributed by atoms with Crippen LogP contribution in [0, 0.1) is 6.92 Å². The van der Waals surface area contributed by atoms with E-state index < -0.39 is 0 Å². The number of furan rings is 1. The summed E-state index contributed by atoms with van der Waals surface area (Å²) < 4.78 is 5.49. The van der Waals surface area contributed by atoms with Gasteiger partial charge >= 0.3 is 0 Å². The smallest absolute Gasteiger partial charge is 0.246 e. The first kappa shape index (κ1) is 10.6. The van der Waals surface area contributed by atoms with Crippen LogP contribution in [0.4, 0.5) is 0 Å². The first-order valence-corrected chi connectivity index (χ1v) is 5.27. The molecule has 0 spiro atoms. The van der Waals surface area contributed by atoms with Gasteiger partial charge < -0.3 is 4.42 Å². The molecule has 0 amide bonds. The fourth-order valence-electron chi connectivity index (χ4n) is 1.61. The van der Waals surface area contributed by atoms with Gasteiger partial charge in [0.2, 0.25) is 5.78 Å². The first-order valence-electron chi connectivity index (χ1n) is 5.27. The predicted octanol–water partition coefficient (Wildman–Crippen LogP) is 2.78. The lowest BCUT2D eigenvalue weighted by Crippen LogP contribution is -2.01. The maximum absolute atomic E-state index is 12.0. The quantitative estimate of drug-likeness (QED) is 0.739. The van der Waals surface area contributed by atoms with Crippen LogP contribution in [0.2, 0.25) is 0 Å². The van der Waals surface area contributed by atoms with E-state index in [9.17, 15) is 4.79 Å². The van der Waals surface area contributed by atoms with Crippen molar-refractivity contribution in [2.75, 3.05) is 0 Å². The van der Waals surface area contributed by atoms with E-state index in [1.807, 2.05) is 13.8 Å². The summed E-state index contributed by atoms with van der Waals surface area (Å²) in [7, 11) is 0. The van der Waals surface area contributed by atoms with Gasteiger partial charge in [-0.1, -0.05) is 13.0 Å². The average molecular weight is 215 g/mol. The van der Waals surface area contributed by atoms with Gasteiger partial charge in [0.15, 0.2) is 5.76 Å². The molecule has 0 aliphatic carbocycles. The predicted molar refractivity (Wildman–Crippen MR) is 60.5 cm³/mol. The third-order valence-corrected chi connectivity index (χ3v) is 2.46. The Bertz CT molecular complexity index is 500. The van der Waals surface area contributed by atoms with Crippen molar-refractivity contribution in [3.05, 3.63) is 53.2 Å². The van der Waals surface area contributed by atoms with Gasteiger partial charge in [-0.25, -0.2) is 0 Å². The first-order chi connectivity index (χ1) is 7.72. The summed E-state index contributed by atoms with van der Waals surface area (Å²) in [6.45, 7) is 3.94. The van der Waals surface area contributed by atoms with Crippen molar-refractivity contribution in [3.63, 3.8) is 0 Å². The Balaban J connectivity index is 2.35. The van der Waals surface area contributed by atoms with Crippen LogP contribution in [0.25, 0.3) is 0 Å². The highest BCUT2D eigenvalue weighted by molar-refractivity contribution is 6.05. The molecule has 0 saturated heterocycles. The van der Waals surface area contributed by atoms with Crippen molar-refractivity contribution < 1.29 is 9.21 Å².